The zero-order valence-corrected chi connectivity index (χ0v) is 15.3. The minimum Gasteiger partial charge on any atom is -0.508 e. The van der Waals surface area contributed by atoms with Crippen LogP contribution in [0.5, 0.6) is 5.75 Å². The van der Waals surface area contributed by atoms with Crippen LogP contribution in [0.4, 0.5) is 5.69 Å². The summed E-state index contributed by atoms with van der Waals surface area (Å²) in [7, 11) is 0. The van der Waals surface area contributed by atoms with E-state index >= 15 is 0 Å². The number of carbonyl (C=O) groups is 1. The zero-order valence-electron chi connectivity index (χ0n) is 15.3. The lowest BCUT2D eigenvalue weighted by Gasteiger charge is -2.34. The number of hydrogen-bond acceptors (Lipinski definition) is 5. The summed E-state index contributed by atoms with van der Waals surface area (Å²) in [5.74, 6) is 1.05. The average molecular weight is 369 g/mol. The second kappa shape index (κ2) is 9.10. The fraction of sp³-hybridized carbons (Fsp3) is 0.400. The van der Waals surface area contributed by atoms with E-state index in [1.54, 1.807) is 29.4 Å². The molecule has 2 aromatic rings. The number of benzene rings is 1. The molecule has 1 aliphatic heterocycles. The number of nitriles is 1. The molecule has 1 fully saturated rings. The van der Waals surface area contributed by atoms with E-state index in [0.29, 0.717) is 26.1 Å². The summed E-state index contributed by atoms with van der Waals surface area (Å²) >= 11 is 0. The normalized spacial score (nSPS) is 14.7. The monoisotopic (exact) mass is 369 g/mol. The van der Waals surface area contributed by atoms with Crippen LogP contribution in [0.1, 0.15) is 12.2 Å². The first-order chi connectivity index (χ1) is 13.2. The summed E-state index contributed by atoms with van der Waals surface area (Å²) in [6, 6.07) is 13.0. The van der Waals surface area contributed by atoms with E-state index in [1.165, 1.54) is 4.90 Å². The number of rotatable bonds is 7. The fourth-order valence-corrected chi connectivity index (χ4v) is 3.31. The van der Waals surface area contributed by atoms with Crippen molar-refractivity contribution in [1.82, 2.24) is 4.90 Å². The highest BCUT2D eigenvalue weighted by Gasteiger charge is 2.25. The van der Waals surface area contributed by atoms with Gasteiger partial charge in [0.05, 0.1) is 51.5 Å². The zero-order chi connectivity index (χ0) is 19.1. The van der Waals surface area contributed by atoms with E-state index < -0.39 is 0 Å². The number of hydrogen-bond donors (Lipinski definition) is 2. The first kappa shape index (κ1) is 18.8. The number of carbonyl (C=O) groups excluding carboxylic acids is 1. The molecule has 1 amide bonds. The number of anilines is 1. The minimum atomic E-state index is 0.0507. The average Bonchev–Trinajstić information content (AvgIpc) is 3.19. The summed E-state index contributed by atoms with van der Waals surface area (Å²) in [4.78, 5) is 18.0. The quantitative estimate of drug-likeness (QED) is 0.748. The predicted molar refractivity (Wildman–Crippen MR) is 100 cm³/mol. The molecule has 1 aliphatic rings. The third-order valence-electron chi connectivity index (χ3n) is 4.86. The molecule has 2 heterocycles. The molecule has 0 aliphatic carbocycles. The summed E-state index contributed by atoms with van der Waals surface area (Å²) in [6.07, 6.45) is 1.91. The van der Waals surface area contributed by atoms with Crippen LogP contribution in [0, 0.1) is 11.3 Å². The van der Waals surface area contributed by atoms with Crippen LogP contribution >= 0.6 is 0 Å². The van der Waals surface area contributed by atoms with Crippen molar-refractivity contribution in [3.05, 3.63) is 48.4 Å². The number of amides is 1. The summed E-state index contributed by atoms with van der Waals surface area (Å²) < 4.78 is 5.35. The molecule has 0 unspecified atom stereocenters. The van der Waals surface area contributed by atoms with Crippen LogP contribution in [0.25, 0.3) is 0 Å². The van der Waals surface area contributed by atoms with E-state index in [4.69, 9.17) is 9.68 Å². The highest BCUT2D eigenvalue weighted by Crippen LogP contribution is 2.18. The Morgan fingerprint density at radius 1 is 1.26 bits per heavy atom. The van der Waals surface area contributed by atoms with E-state index in [-0.39, 0.29) is 11.7 Å². The Kier molecular flexibility index (Phi) is 6.34. The van der Waals surface area contributed by atoms with Gasteiger partial charge in [0.25, 0.3) is 5.91 Å². The molecule has 0 bridgehead atoms. The Balaban J connectivity index is 1.52. The van der Waals surface area contributed by atoms with Crippen LogP contribution in [0.2, 0.25) is 0 Å². The van der Waals surface area contributed by atoms with E-state index in [1.807, 2.05) is 18.2 Å². The largest absolute Gasteiger partial charge is 0.508 e. The summed E-state index contributed by atoms with van der Waals surface area (Å²) in [5, 5.41) is 18.3. The van der Waals surface area contributed by atoms with Gasteiger partial charge in [-0.1, -0.05) is 0 Å². The van der Waals surface area contributed by atoms with Gasteiger partial charge >= 0.3 is 0 Å². The maximum Gasteiger partial charge on any atom is 0.278 e. The Morgan fingerprint density at radius 3 is 2.63 bits per heavy atom. The third-order valence-corrected chi connectivity index (χ3v) is 4.86. The van der Waals surface area contributed by atoms with Crippen LogP contribution < -0.4 is 9.80 Å². The molecule has 1 aromatic heterocycles. The smallest absolute Gasteiger partial charge is 0.278 e. The van der Waals surface area contributed by atoms with Crippen LogP contribution in [-0.2, 0) is 11.3 Å². The number of aromatic hydroxyl groups is 1. The SMILES string of the molecule is N#CCCN(Cc1ccco1)C(=O)C[NH+]1CCN(c2ccc(O)cc2)CC1. The van der Waals surface area contributed by atoms with Gasteiger partial charge in [0, 0.05) is 12.2 Å². The number of quaternary nitrogens is 1. The number of phenolic OH excluding ortho intramolecular Hbond substituents is 1. The van der Waals surface area contributed by atoms with Crippen LogP contribution in [0.3, 0.4) is 0 Å². The molecule has 2 N–H and O–H groups in total. The molecule has 1 saturated heterocycles. The summed E-state index contributed by atoms with van der Waals surface area (Å²) in [5.41, 5.74) is 1.09. The molecular weight excluding hydrogens is 344 g/mol. The second-order valence-electron chi connectivity index (χ2n) is 6.73. The Labute approximate surface area is 159 Å². The second-order valence-corrected chi connectivity index (χ2v) is 6.73. The number of nitrogens with one attached hydrogen (secondary N) is 1. The molecular formula is C20H25N4O3+. The Morgan fingerprint density at radius 2 is 2.00 bits per heavy atom. The van der Waals surface area contributed by atoms with Crippen LogP contribution in [-0.4, -0.2) is 55.2 Å². The van der Waals surface area contributed by atoms with Gasteiger partial charge in [-0.05, 0) is 36.4 Å². The predicted octanol–water partition coefficient (Wildman–Crippen LogP) is 0.633. The molecule has 0 atom stereocenters. The molecule has 1 aromatic carbocycles. The van der Waals surface area contributed by atoms with Crippen molar-refractivity contribution < 1.29 is 19.2 Å². The first-order valence-corrected chi connectivity index (χ1v) is 9.20. The highest BCUT2D eigenvalue weighted by atomic mass is 16.3. The van der Waals surface area contributed by atoms with Gasteiger partial charge < -0.3 is 24.2 Å². The van der Waals surface area contributed by atoms with Gasteiger partial charge in [-0.25, -0.2) is 0 Å². The molecule has 7 heteroatoms. The minimum absolute atomic E-state index is 0.0507. The van der Waals surface area contributed by atoms with Crippen molar-refractivity contribution in [3.8, 4) is 11.8 Å². The van der Waals surface area contributed by atoms with Crippen LogP contribution in [0.15, 0.2) is 47.1 Å². The van der Waals surface area contributed by atoms with Gasteiger partial charge in [0.15, 0.2) is 6.54 Å². The standard InChI is InChI=1S/C20H24N4O3/c21-8-2-9-24(15-19-3-1-14-27-19)20(26)16-22-10-12-23(13-11-22)17-4-6-18(25)7-5-17/h1,3-7,14,25H,2,9-13,15-16H2/p+1. The topological polar surface area (TPSA) is 85.2 Å². The third kappa shape index (κ3) is 5.25. The number of phenols is 1. The fourth-order valence-electron chi connectivity index (χ4n) is 3.31. The molecule has 0 saturated carbocycles. The van der Waals surface area contributed by atoms with E-state index in [0.717, 1.165) is 37.6 Å². The maximum absolute atomic E-state index is 12.7. The van der Waals surface area contributed by atoms with E-state index in [9.17, 15) is 9.90 Å². The van der Waals surface area contributed by atoms with Crippen molar-refractivity contribution in [1.29, 1.82) is 5.26 Å². The number of piperazine rings is 1. The molecule has 7 nitrogen and oxygen atoms in total. The molecule has 0 radical (unpaired) electrons. The lowest BCUT2D eigenvalue weighted by molar-refractivity contribution is -0.892. The number of furan rings is 1. The molecule has 3 rings (SSSR count). The molecule has 142 valence electrons. The van der Waals surface area contributed by atoms with Gasteiger partial charge in [-0.2, -0.15) is 5.26 Å². The van der Waals surface area contributed by atoms with Gasteiger partial charge in [-0.15, -0.1) is 0 Å². The van der Waals surface area contributed by atoms with Crippen molar-refractivity contribution in [2.75, 3.05) is 44.2 Å². The van der Waals surface area contributed by atoms with Gasteiger partial charge in [0.2, 0.25) is 0 Å². The maximum atomic E-state index is 12.7. The highest BCUT2D eigenvalue weighted by molar-refractivity contribution is 5.77. The van der Waals surface area contributed by atoms with Crippen molar-refractivity contribution >= 4 is 11.6 Å². The lowest BCUT2D eigenvalue weighted by Crippen LogP contribution is -3.15. The van der Waals surface area contributed by atoms with E-state index in [2.05, 4.69) is 11.0 Å². The lowest BCUT2D eigenvalue weighted by atomic mass is 10.2. The first-order valence-electron chi connectivity index (χ1n) is 9.20. The summed E-state index contributed by atoms with van der Waals surface area (Å²) in [6.45, 7) is 4.73. The van der Waals surface area contributed by atoms with Crippen molar-refractivity contribution in [2.24, 2.45) is 0 Å². The Hall–Kier alpha value is -2.98. The van der Waals surface area contributed by atoms with Gasteiger partial charge in [0.1, 0.15) is 11.5 Å². The molecule has 0 spiro atoms. The van der Waals surface area contributed by atoms with Crippen molar-refractivity contribution in [3.63, 3.8) is 0 Å². The van der Waals surface area contributed by atoms with Gasteiger partial charge in [-0.3, -0.25) is 4.79 Å². The molecule has 27 heavy (non-hydrogen) atoms. The Bertz CT molecular complexity index is 760. The van der Waals surface area contributed by atoms with Crippen molar-refractivity contribution in [2.45, 2.75) is 13.0 Å². The number of nitrogens with zero attached hydrogens (tertiary/aromatic N) is 3.